The summed E-state index contributed by atoms with van der Waals surface area (Å²) in [6.07, 6.45) is 1.12. The van der Waals surface area contributed by atoms with Crippen LogP contribution in [0, 0.1) is 0 Å². The van der Waals surface area contributed by atoms with Gasteiger partial charge in [0, 0.05) is 38.3 Å². The maximum atomic E-state index is 13.0. The molecule has 0 bridgehead atoms. The van der Waals surface area contributed by atoms with Crippen LogP contribution in [0.15, 0.2) is 72.8 Å². The Hall–Kier alpha value is -2.58. The molecule has 9 heteroatoms. The van der Waals surface area contributed by atoms with Gasteiger partial charge in [0.1, 0.15) is 0 Å². The van der Waals surface area contributed by atoms with Crippen molar-refractivity contribution in [2.24, 2.45) is 0 Å². The number of carbonyl (C=O) groups excluding carboxylic acids is 1. The second-order valence-corrected chi connectivity index (χ2v) is 11.3. The summed E-state index contributed by atoms with van der Waals surface area (Å²) in [5.74, 6) is -0.0197. The van der Waals surface area contributed by atoms with Gasteiger partial charge in [0.05, 0.1) is 28.5 Å². The van der Waals surface area contributed by atoms with Crippen LogP contribution in [0.5, 0.6) is 0 Å². The zero-order valence-corrected chi connectivity index (χ0v) is 21.7. The van der Waals surface area contributed by atoms with Gasteiger partial charge in [0.15, 0.2) is 0 Å². The highest BCUT2D eigenvalue weighted by Crippen LogP contribution is 2.34. The maximum Gasteiger partial charge on any atom is 0.253 e. The molecule has 0 saturated carbocycles. The van der Waals surface area contributed by atoms with Crippen molar-refractivity contribution in [3.63, 3.8) is 0 Å². The van der Waals surface area contributed by atoms with Crippen molar-refractivity contribution in [2.45, 2.75) is 13.1 Å². The third-order valence-corrected chi connectivity index (χ3v) is 7.97. The van der Waals surface area contributed by atoms with Crippen molar-refractivity contribution < 1.29 is 13.2 Å². The molecule has 0 radical (unpaired) electrons. The molecule has 0 spiro atoms. The number of halogens is 2. The zero-order chi connectivity index (χ0) is 25.0. The van der Waals surface area contributed by atoms with Crippen molar-refractivity contribution in [3.05, 3.63) is 99.5 Å². The number of sulfonamides is 1. The lowest BCUT2D eigenvalue weighted by molar-refractivity contribution is 0.0628. The lowest BCUT2D eigenvalue weighted by Gasteiger charge is -2.34. The average molecular weight is 532 g/mol. The molecule has 3 aromatic rings. The lowest BCUT2D eigenvalue weighted by Crippen LogP contribution is -2.48. The van der Waals surface area contributed by atoms with Crippen LogP contribution in [0.2, 0.25) is 10.0 Å². The first-order valence-electron chi connectivity index (χ1n) is 11.3. The predicted octanol–water partition coefficient (Wildman–Crippen LogP) is 4.92. The third kappa shape index (κ3) is 6.35. The molecule has 184 valence electrons. The van der Waals surface area contributed by atoms with Gasteiger partial charge in [-0.15, -0.1) is 0 Å². The summed E-state index contributed by atoms with van der Waals surface area (Å²) in [5, 5.41) is 0.459. The number of rotatable bonds is 7. The number of hydrogen-bond donors (Lipinski definition) is 0. The second-order valence-electron chi connectivity index (χ2n) is 8.59. The van der Waals surface area contributed by atoms with Crippen LogP contribution in [0.4, 0.5) is 5.69 Å². The molecule has 0 aromatic heterocycles. The molecule has 35 heavy (non-hydrogen) atoms. The maximum absolute atomic E-state index is 13.0. The van der Waals surface area contributed by atoms with E-state index in [4.69, 9.17) is 23.2 Å². The Balaban J connectivity index is 1.40. The van der Waals surface area contributed by atoms with Crippen molar-refractivity contribution in [1.29, 1.82) is 0 Å². The molecule has 1 saturated heterocycles. The van der Waals surface area contributed by atoms with Gasteiger partial charge in [0.2, 0.25) is 10.0 Å². The fourth-order valence-electron chi connectivity index (χ4n) is 4.12. The normalized spacial score (nSPS) is 14.7. The second kappa shape index (κ2) is 11.0. The van der Waals surface area contributed by atoms with Gasteiger partial charge < -0.3 is 4.90 Å². The quantitative estimate of drug-likeness (QED) is 0.434. The zero-order valence-electron chi connectivity index (χ0n) is 19.4. The first kappa shape index (κ1) is 25.5. The number of amides is 1. The van der Waals surface area contributed by atoms with Crippen molar-refractivity contribution in [2.75, 3.05) is 36.7 Å². The number of anilines is 1. The van der Waals surface area contributed by atoms with E-state index in [1.54, 1.807) is 42.5 Å². The highest BCUT2D eigenvalue weighted by atomic mass is 35.5. The summed E-state index contributed by atoms with van der Waals surface area (Å²) < 4.78 is 26.2. The largest absolute Gasteiger partial charge is 0.336 e. The van der Waals surface area contributed by atoms with E-state index in [1.165, 1.54) is 9.87 Å². The van der Waals surface area contributed by atoms with Crippen LogP contribution in [0.1, 0.15) is 21.5 Å². The Kier molecular flexibility index (Phi) is 8.02. The molecule has 1 aliphatic rings. The van der Waals surface area contributed by atoms with Gasteiger partial charge in [0.25, 0.3) is 5.91 Å². The topological polar surface area (TPSA) is 60.9 Å². The van der Waals surface area contributed by atoms with Crippen LogP contribution in [-0.4, -0.2) is 56.6 Å². The highest BCUT2D eigenvalue weighted by molar-refractivity contribution is 7.92. The SMILES string of the molecule is CS(=O)(=O)N(Cc1ccc(C(=O)N2CCN(Cc3ccccc3)CC2)cc1)c1cccc(Cl)c1Cl. The standard InChI is InChI=1S/C26H27Cl2N3O3S/c1-35(33,34)31(24-9-5-8-23(27)25(24)28)19-21-10-12-22(13-11-21)26(32)30-16-14-29(15-17-30)18-20-6-3-2-4-7-20/h2-13H,14-19H2,1H3. The monoisotopic (exact) mass is 531 g/mol. The first-order valence-corrected chi connectivity index (χ1v) is 13.9. The Labute approximate surface area is 216 Å². The van der Waals surface area contributed by atoms with E-state index in [2.05, 4.69) is 17.0 Å². The predicted molar refractivity (Wildman–Crippen MR) is 142 cm³/mol. The summed E-state index contributed by atoms with van der Waals surface area (Å²) in [5.41, 5.74) is 2.90. The molecule has 4 rings (SSSR count). The molecular formula is C26H27Cl2N3O3S. The fourth-order valence-corrected chi connectivity index (χ4v) is 5.46. The number of benzene rings is 3. The molecule has 1 heterocycles. The lowest BCUT2D eigenvalue weighted by atomic mass is 10.1. The molecule has 0 aliphatic carbocycles. The van der Waals surface area contributed by atoms with E-state index in [0.29, 0.717) is 24.3 Å². The summed E-state index contributed by atoms with van der Waals surface area (Å²) in [4.78, 5) is 17.2. The molecule has 0 unspecified atom stereocenters. The van der Waals surface area contributed by atoms with Crippen molar-refractivity contribution in [1.82, 2.24) is 9.80 Å². The molecule has 1 fully saturated rings. The summed E-state index contributed by atoms with van der Waals surface area (Å²) >= 11 is 12.4. The van der Waals surface area contributed by atoms with Crippen LogP contribution < -0.4 is 4.31 Å². The van der Waals surface area contributed by atoms with E-state index in [9.17, 15) is 13.2 Å². The minimum Gasteiger partial charge on any atom is -0.336 e. The summed E-state index contributed by atoms with van der Waals surface area (Å²) in [6, 6.07) is 22.2. The Morgan fingerprint density at radius 3 is 2.14 bits per heavy atom. The van der Waals surface area contributed by atoms with Gasteiger partial charge in [-0.05, 0) is 35.4 Å². The average Bonchev–Trinajstić information content (AvgIpc) is 2.85. The van der Waals surface area contributed by atoms with Gasteiger partial charge in [-0.2, -0.15) is 0 Å². The fraction of sp³-hybridized carbons (Fsp3) is 0.269. The minimum absolute atomic E-state index is 0.0197. The number of nitrogens with zero attached hydrogens (tertiary/aromatic N) is 3. The molecule has 0 N–H and O–H groups in total. The van der Waals surface area contributed by atoms with Crippen LogP contribution in [0.25, 0.3) is 0 Å². The number of carbonyl (C=O) groups is 1. The van der Waals surface area contributed by atoms with E-state index < -0.39 is 10.0 Å². The van der Waals surface area contributed by atoms with Gasteiger partial charge in [-0.3, -0.25) is 14.0 Å². The smallest absolute Gasteiger partial charge is 0.253 e. The van der Waals surface area contributed by atoms with Crippen molar-refractivity contribution >= 4 is 44.8 Å². The van der Waals surface area contributed by atoms with E-state index >= 15 is 0 Å². The van der Waals surface area contributed by atoms with Crippen LogP contribution in [0.3, 0.4) is 0 Å². The Morgan fingerprint density at radius 1 is 0.857 bits per heavy atom. The minimum atomic E-state index is -3.62. The van der Waals surface area contributed by atoms with E-state index in [0.717, 1.165) is 31.5 Å². The van der Waals surface area contributed by atoms with Gasteiger partial charge in [-0.1, -0.05) is 71.7 Å². The van der Waals surface area contributed by atoms with E-state index in [1.807, 2.05) is 23.1 Å². The van der Waals surface area contributed by atoms with Crippen LogP contribution in [-0.2, 0) is 23.1 Å². The number of piperazine rings is 1. The molecule has 1 amide bonds. The first-order chi connectivity index (χ1) is 16.7. The molecule has 1 aliphatic heterocycles. The van der Waals surface area contributed by atoms with E-state index in [-0.39, 0.29) is 22.5 Å². The molecule has 0 atom stereocenters. The molecule has 6 nitrogen and oxygen atoms in total. The molecular weight excluding hydrogens is 505 g/mol. The number of hydrogen-bond acceptors (Lipinski definition) is 4. The Bertz CT molecular complexity index is 1280. The summed E-state index contributed by atoms with van der Waals surface area (Å²) in [6.45, 7) is 3.94. The highest BCUT2D eigenvalue weighted by Gasteiger charge is 2.24. The summed E-state index contributed by atoms with van der Waals surface area (Å²) in [7, 11) is -3.62. The van der Waals surface area contributed by atoms with Crippen LogP contribution >= 0.6 is 23.2 Å². The van der Waals surface area contributed by atoms with Crippen molar-refractivity contribution in [3.8, 4) is 0 Å². The third-order valence-electron chi connectivity index (χ3n) is 6.04. The molecule has 3 aromatic carbocycles. The van der Waals surface area contributed by atoms with Gasteiger partial charge in [-0.25, -0.2) is 8.42 Å². The Morgan fingerprint density at radius 2 is 1.51 bits per heavy atom. The van der Waals surface area contributed by atoms with Gasteiger partial charge >= 0.3 is 0 Å².